The van der Waals surface area contributed by atoms with Crippen molar-refractivity contribution in [2.45, 2.75) is 37.8 Å². The van der Waals surface area contributed by atoms with Crippen molar-refractivity contribution in [1.82, 2.24) is 5.32 Å². The minimum Gasteiger partial charge on any atom is -0.469 e. The van der Waals surface area contributed by atoms with Crippen LogP contribution < -0.4 is 10.2 Å². The van der Waals surface area contributed by atoms with Gasteiger partial charge < -0.3 is 19.4 Å². The lowest BCUT2D eigenvalue weighted by Crippen LogP contribution is -2.44. The molecule has 2 fully saturated rings. The molecule has 132 valence electrons. The molecule has 0 radical (unpaired) electrons. The fourth-order valence-corrected chi connectivity index (χ4v) is 4.04. The zero-order chi connectivity index (χ0) is 17.3. The second-order valence-corrected chi connectivity index (χ2v) is 7.00. The largest absolute Gasteiger partial charge is 0.469 e. The summed E-state index contributed by atoms with van der Waals surface area (Å²) < 4.78 is 11.6. The van der Waals surface area contributed by atoms with Crippen molar-refractivity contribution in [2.24, 2.45) is 0 Å². The van der Waals surface area contributed by atoms with E-state index in [1.165, 1.54) is 0 Å². The molecule has 0 aliphatic carbocycles. The standard InChI is InChI=1S/C20H24N2O3/c1-15-18(7-12-24-15)19(23)22(16-5-3-2-4-6-16)17-13-20(25-14-17)8-10-21-11-9-20/h2-7,12,17,21H,8-11,13-14H2,1H3. The summed E-state index contributed by atoms with van der Waals surface area (Å²) in [7, 11) is 0. The Morgan fingerprint density at radius 3 is 2.64 bits per heavy atom. The normalized spacial score (nSPS) is 22.2. The maximum atomic E-state index is 13.3. The second-order valence-electron chi connectivity index (χ2n) is 7.00. The van der Waals surface area contributed by atoms with Crippen LogP contribution in [0, 0.1) is 6.92 Å². The van der Waals surface area contributed by atoms with Crippen LogP contribution in [-0.2, 0) is 4.74 Å². The first-order chi connectivity index (χ1) is 12.2. The summed E-state index contributed by atoms with van der Waals surface area (Å²) in [5.41, 5.74) is 1.44. The number of carbonyl (C=O) groups is 1. The molecule has 1 aromatic heterocycles. The lowest BCUT2D eigenvalue weighted by atomic mass is 9.87. The predicted molar refractivity (Wildman–Crippen MR) is 95.9 cm³/mol. The molecule has 4 rings (SSSR count). The fraction of sp³-hybridized carbons (Fsp3) is 0.450. The predicted octanol–water partition coefficient (Wildman–Crippen LogP) is 3.15. The van der Waals surface area contributed by atoms with E-state index in [-0.39, 0.29) is 17.6 Å². The highest BCUT2D eigenvalue weighted by molar-refractivity contribution is 6.07. The van der Waals surface area contributed by atoms with Crippen LogP contribution in [0.25, 0.3) is 0 Å². The van der Waals surface area contributed by atoms with Crippen LogP contribution in [0.1, 0.15) is 35.4 Å². The van der Waals surface area contributed by atoms with Gasteiger partial charge in [-0.25, -0.2) is 0 Å². The van der Waals surface area contributed by atoms with Crippen molar-refractivity contribution in [2.75, 3.05) is 24.6 Å². The Morgan fingerprint density at radius 1 is 1.20 bits per heavy atom. The van der Waals surface area contributed by atoms with Crippen molar-refractivity contribution in [3.63, 3.8) is 0 Å². The lowest BCUT2D eigenvalue weighted by Gasteiger charge is -2.34. The summed E-state index contributed by atoms with van der Waals surface area (Å²) in [6.07, 6.45) is 4.47. The number of para-hydroxylation sites is 1. The molecule has 1 unspecified atom stereocenters. The van der Waals surface area contributed by atoms with Gasteiger partial charge in [0.25, 0.3) is 5.91 Å². The molecule has 1 atom stereocenters. The third-order valence-electron chi connectivity index (χ3n) is 5.41. The molecule has 2 aromatic rings. The first-order valence-corrected chi connectivity index (χ1v) is 8.96. The van der Waals surface area contributed by atoms with Crippen molar-refractivity contribution in [1.29, 1.82) is 0 Å². The maximum absolute atomic E-state index is 13.3. The van der Waals surface area contributed by atoms with Gasteiger partial charge in [0, 0.05) is 5.69 Å². The first kappa shape index (κ1) is 16.4. The van der Waals surface area contributed by atoms with Gasteiger partial charge in [-0.3, -0.25) is 4.79 Å². The van der Waals surface area contributed by atoms with Crippen LogP contribution >= 0.6 is 0 Å². The number of carbonyl (C=O) groups excluding carboxylic acids is 1. The molecule has 5 heteroatoms. The highest BCUT2D eigenvalue weighted by Crippen LogP contribution is 2.38. The van der Waals surface area contributed by atoms with E-state index < -0.39 is 0 Å². The number of rotatable bonds is 3. The van der Waals surface area contributed by atoms with E-state index in [2.05, 4.69) is 5.32 Å². The van der Waals surface area contributed by atoms with E-state index in [1.807, 2.05) is 42.2 Å². The minimum atomic E-state index is -0.0886. The highest BCUT2D eigenvalue weighted by atomic mass is 16.5. The van der Waals surface area contributed by atoms with Gasteiger partial charge in [-0.05, 0) is 57.5 Å². The number of aryl methyl sites for hydroxylation is 1. The van der Waals surface area contributed by atoms with E-state index in [1.54, 1.807) is 12.3 Å². The van der Waals surface area contributed by atoms with Crippen molar-refractivity contribution in [3.8, 4) is 0 Å². The lowest BCUT2D eigenvalue weighted by molar-refractivity contribution is -0.0193. The number of furan rings is 1. The summed E-state index contributed by atoms with van der Waals surface area (Å²) in [4.78, 5) is 15.2. The van der Waals surface area contributed by atoms with E-state index >= 15 is 0 Å². The Hall–Kier alpha value is -2.11. The van der Waals surface area contributed by atoms with Gasteiger partial charge in [-0.15, -0.1) is 0 Å². The van der Waals surface area contributed by atoms with E-state index in [0.29, 0.717) is 17.9 Å². The molecular formula is C20H24N2O3. The van der Waals surface area contributed by atoms with Gasteiger partial charge in [0.1, 0.15) is 5.76 Å². The molecule has 0 saturated carbocycles. The third kappa shape index (κ3) is 3.10. The highest BCUT2D eigenvalue weighted by Gasteiger charge is 2.44. The van der Waals surface area contributed by atoms with E-state index in [4.69, 9.17) is 9.15 Å². The smallest absolute Gasteiger partial charge is 0.262 e. The molecule has 2 aliphatic rings. The van der Waals surface area contributed by atoms with Gasteiger partial charge in [0.2, 0.25) is 0 Å². The summed E-state index contributed by atoms with van der Waals surface area (Å²) in [5, 5.41) is 3.39. The molecule has 5 nitrogen and oxygen atoms in total. The summed E-state index contributed by atoms with van der Waals surface area (Å²) >= 11 is 0. The van der Waals surface area contributed by atoms with E-state index in [9.17, 15) is 4.79 Å². The number of amides is 1. The molecule has 2 aliphatic heterocycles. The average Bonchev–Trinajstić information content (AvgIpc) is 3.24. The fourth-order valence-electron chi connectivity index (χ4n) is 4.04. The van der Waals surface area contributed by atoms with Gasteiger partial charge in [-0.1, -0.05) is 18.2 Å². The van der Waals surface area contributed by atoms with Gasteiger partial charge in [0.05, 0.1) is 30.1 Å². The quantitative estimate of drug-likeness (QED) is 0.933. The number of hydrogen-bond donors (Lipinski definition) is 1. The van der Waals surface area contributed by atoms with Crippen LogP contribution in [0.5, 0.6) is 0 Å². The molecule has 1 amide bonds. The minimum absolute atomic E-state index is 0.0166. The number of nitrogens with one attached hydrogen (secondary N) is 1. The summed E-state index contributed by atoms with van der Waals surface area (Å²) in [6, 6.07) is 11.7. The zero-order valence-electron chi connectivity index (χ0n) is 14.5. The Morgan fingerprint density at radius 2 is 1.96 bits per heavy atom. The molecule has 2 saturated heterocycles. The van der Waals surface area contributed by atoms with Gasteiger partial charge in [-0.2, -0.15) is 0 Å². The molecular weight excluding hydrogens is 316 g/mol. The molecule has 1 spiro atoms. The Bertz CT molecular complexity index is 734. The number of benzene rings is 1. The summed E-state index contributed by atoms with van der Waals surface area (Å²) in [5.74, 6) is 0.637. The maximum Gasteiger partial charge on any atom is 0.262 e. The number of hydrogen-bond acceptors (Lipinski definition) is 4. The average molecular weight is 340 g/mol. The van der Waals surface area contributed by atoms with Crippen molar-refractivity contribution >= 4 is 11.6 Å². The Labute approximate surface area is 148 Å². The van der Waals surface area contributed by atoms with Crippen molar-refractivity contribution < 1.29 is 13.9 Å². The number of piperidine rings is 1. The summed E-state index contributed by atoms with van der Waals surface area (Å²) in [6.45, 7) is 4.37. The number of ether oxygens (including phenoxy) is 1. The van der Waals surface area contributed by atoms with Crippen LogP contribution in [0.15, 0.2) is 47.1 Å². The number of nitrogens with zero attached hydrogens (tertiary/aromatic N) is 1. The topological polar surface area (TPSA) is 54.7 Å². The second kappa shape index (κ2) is 6.65. The zero-order valence-corrected chi connectivity index (χ0v) is 14.5. The van der Waals surface area contributed by atoms with Crippen LogP contribution in [0.3, 0.4) is 0 Å². The van der Waals surface area contributed by atoms with Gasteiger partial charge in [0.15, 0.2) is 0 Å². The SMILES string of the molecule is Cc1occc1C(=O)N(c1ccccc1)C1COC2(CCNCC2)C1. The monoisotopic (exact) mass is 340 g/mol. The van der Waals surface area contributed by atoms with Crippen LogP contribution in [0.4, 0.5) is 5.69 Å². The third-order valence-corrected chi connectivity index (χ3v) is 5.41. The molecule has 3 heterocycles. The van der Waals surface area contributed by atoms with Crippen LogP contribution in [0.2, 0.25) is 0 Å². The molecule has 1 aromatic carbocycles. The Kier molecular flexibility index (Phi) is 4.36. The van der Waals surface area contributed by atoms with E-state index in [0.717, 1.165) is 38.0 Å². The van der Waals surface area contributed by atoms with Crippen molar-refractivity contribution in [3.05, 3.63) is 54.0 Å². The Balaban J connectivity index is 1.65. The molecule has 1 N–H and O–H groups in total. The molecule has 25 heavy (non-hydrogen) atoms. The van der Waals surface area contributed by atoms with Gasteiger partial charge >= 0.3 is 0 Å². The molecule has 0 bridgehead atoms. The first-order valence-electron chi connectivity index (χ1n) is 8.96. The number of anilines is 1. The van der Waals surface area contributed by atoms with Crippen LogP contribution in [-0.4, -0.2) is 37.2 Å².